The van der Waals surface area contributed by atoms with Gasteiger partial charge in [-0.25, -0.2) is 14.4 Å². The number of carbonyl (C=O) groups is 1. The Balaban J connectivity index is 1.41. The zero-order chi connectivity index (χ0) is 22.5. The Labute approximate surface area is 180 Å². The maximum Gasteiger partial charge on any atom is 0.292 e. The molecule has 0 spiro atoms. The van der Waals surface area contributed by atoms with Gasteiger partial charge in [0.1, 0.15) is 18.2 Å². The summed E-state index contributed by atoms with van der Waals surface area (Å²) in [6.07, 6.45) is 1.46. The van der Waals surface area contributed by atoms with Gasteiger partial charge >= 0.3 is 0 Å². The summed E-state index contributed by atoms with van der Waals surface area (Å²) in [6, 6.07) is 13.2. The average Bonchev–Trinajstić information content (AvgIpc) is 3.38. The minimum absolute atomic E-state index is 0.0371. The first-order chi connectivity index (χ1) is 15.5. The third-order valence-corrected chi connectivity index (χ3v) is 4.31. The molecule has 2 heterocycles. The van der Waals surface area contributed by atoms with Crippen LogP contribution in [0.2, 0.25) is 0 Å². The summed E-state index contributed by atoms with van der Waals surface area (Å²) in [6.45, 7) is 1.89. The number of rotatable bonds is 7. The number of hydrazone groups is 1. The van der Waals surface area contributed by atoms with E-state index >= 15 is 0 Å². The molecule has 11 nitrogen and oxygen atoms in total. The molecule has 0 aliphatic heterocycles. The monoisotopic (exact) mass is 436 g/mol. The van der Waals surface area contributed by atoms with E-state index in [0.29, 0.717) is 17.0 Å². The third-order valence-electron chi connectivity index (χ3n) is 4.31. The van der Waals surface area contributed by atoms with Crippen molar-refractivity contribution in [3.05, 3.63) is 76.9 Å². The zero-order valence-corrected chi connectivity index (χ0v) is 16.8. The third kappa shape index (κ3) is 4.59. The zero-order valence-electron chi connectivity index (χ0n) is 16.8. The molecule has 4 aromatic rings. The molecule has 1 amide bonds. The van der Waals surface area contributed by atoms with Gasteiger partial charge in [-0.2, -0.15) is 9.78 Å². The fraction of sp³-hybridized carbons (Fsp3) is 0.100. The number of halogens is 1. The quantitative estimate of drug-likeness (QED) is 0.330. The molecule has 4 rings (SSSR count). The molecular weight excluding hydrogens is 419 g/mol. The number of aromatic nitrogens is 5. The summed E-state index contributed by atoms with van der Waals surface area (Å²) < 4.78 is 24.4. The number of anilines is 1. The molecule has 2 aromatic heterocycles. The summed E-state index contributed by atoms with van der Waals surface area (Å²) in [4.78, 5) is 12.6. The van der Waals surface area contributed by atoms with Gasteiger partial charge < -0.3 is 10.5 Å². The number of nitrogens with one attached hydrogen (secondary N) is 1. The van der Waals surface area contributed by atoms with E-state index in [-0.39, 0.29) is 29.8 Å². The van der Waals surface area contributed by atoms with Gasteiger partial charge in [-0.1, -0.05) is 29.5 Å². The number of benzene rings is 2. The van der Waals surface area contributed by atoms with Crippen molar-refractivity contribution in [2.75, 3.05) is 5.73 Å². The number of ether oxygens (including phenoxy) is 1. The Morgan fingerprint density at radius 3 is 2.84 bits per heavy atom. The van der Waals surface area contributed by atoms with Crippen LogP contribution < -0.4 is 15.9 Å². The Morgan fingerprint density at radius 2 is 2.09 bits per heavy atom. The van der Waals surface area contributed by atoms with E-state index in [0.717, 1.165) is 10.2 Å². The lowest BCUT2D eigenvalue weighted by molar-refractivity contribution is 0.0946. The van der Waals surface area contributed by atoms with E-state index in [2.05, 4.69) is 35.8 Å². The van der Waals surface area contributed by atoms with Crippen molar-refractivity contribution in [1.29, 1.82) is 0 Å². The fourth-order valence-electron chi connectivity index (χ4n) is 2.75. The van der Waals surface area contributed by atoms with Gasteiger partial charge in [0.2, 0.25) is 11.6 Å². The summed E-state index contributed by atoms with van der Waals surface area (Å²) in [5.74, 6) is -0.272. The molecular formula is C20H17FN8O3. The lowest BCUT2D eigenvalue weighted by Gasteiger charge is -2.07. The number of nitrogens with two attached hydrogens (primary N) is 1. The number of aryl methyl sites for hydroxylation is 1. The van der Waals surface area contributed by atoms with E-state index in [1.807, 2.05) is 0 Å². The normalized spacial score (nSPS) is 11.1. The van der Waals surface area contributed by atoms with Crippen LogP contribution in [-0.2, 0) is 6.61 Å². The predicted molar refractivity (Wildman–Crippen MR) is 111 cm³/mol. The topological polar surface area (TPSA) is 146 Å². The van der Waals surface area contributed by atoms with E-state index in [1.54, 1.807) is 43.3 Å². The largest absolute Gasteiger partial charge is 0.489 e. The van der Waals surface area contributed by atoms with Crippen LogP contribution >= 0.6 is 0 Å². The van der Waals surface area contributed by atoms with Gasteiger partial charge in [-0.15, -0.1) is 5.10 Å². The second-order valence-corrected chi connectivity index (χ2v) is 6.60. The second-order valence-electron chi connectivity index (χ2n) is 6.60. The average molecular weight is 436 g/mol. The lowest BCUT2D eigenvalue weighted by atomic mass is 10.2. The van der Waals surface area contributed by atoms with Crippen LogP contribution in [0.25, 0.3) is 5.82 Å². The maximum atomic E-state index is 13.0. The molecule has 12 heteroatoms. The first-order valence-electron chi connectivity index (χ1n) is 9.32. The SMILES string of the molecule is Cc1nnn(-c2nonc2N)c1C(=O)N/N=C\c1cccc(OCc2ccc(F)cc2)c1. The highest BCUT2D eigenvalue weighted by Gasteiger charge is 2.22. The van der Waals surface area contributed by atoms with Gasteiger partial charge in [0.15, 0.2) is 5.69 Å². The molecule has 2 aromatic carbocycles. The fourth-order valence-corrected chi connectivity index (χ4v) is 2.75. The van der Waals surface area contributed by atoms with Crippen molar-refractivity contribution in [2.45, 2.75) is 13.5 Å². The first kappa shape index (κ1) is 20.7. The Bertz CT molecular complexity index is 1270. The van der Waals surface area contributed by atoms with Gasteiger partial charge in [0.25, 0.3) is 5.91 Å². The number of hydrogen-bond donors (Lipinski definition) is 2. The van der Waals surface area contributed by atoms with Crippen LogP contribution in [0.4, 0.5) is 10.2 Å². The van der Waals surface area contributed by atoms with Crippen LogP contribution in [0.3, 0.4) is 0 Å². The van der Waals surface area contributed by atoms with Crippen molar-refractivity contribution in [1.82, 2.24) is 30.7 Å². The highest BCUT2D eigenvalue weighted by atomic mass is 19.1. The van der Waals surface area contributed by atoms with Crippen LogP contribution in [0, 0.1) is 12.7 Å². The second kappa shape index (κ2) is 9.04. The van der Waals surface area contributed by atoms with Crippen molar-refractivity contribution in [3.63, 3.8) is 0 Å². The molecule has 0 aliphatic rings. The number of nitrogen functional groups attached to an aromatic ring is 1. The van der Waals surface area contributed by atoms with Crippen LogP contribution in [0.15, 0.2) is 58.3 Å². The Hall–Kier alpha value is -4.61. The molecule has 162 valence electrons. The maximum absolute atomic E-state index is 13.0. The number of hydrogen-bond acceptors (Lipinski definition) is 9. The standard InChI is InChI=1S/C20H17FN8O3/c1-12-17(29(28-24-12)19-18(22)26-32-27-19)20(30)25-23-10-14-3-2-4-16(9-14)31-11-13-5-7-15(21)8-6-13/h2-10H,11H2,1H3,(H2,22,26)(H,25,30)/b23-10-. The molecule has 0 fully saturated rings. The van der Waals surface area contributed by atoms with Crippen molar-refractivity contribution in [2.24, 2.45) is 5.10 Å². The van der Waals surface area contributed by atoms with E-state index < -0.39 is 5.91 Å². The van der Waals surface area contributed by atoms with Crippen LogP contribution in [0.5, 0.6) is 5.75 Å². The minimum atomic E-state index is -0.574. The molecule has 0 unspecified atom stereocenters. The molecule has 0 saturated heterocycles. The summed E-state index contributed by atoms with van der Waals surface area (Å²) >= 11 is 0. The number of amides is 1. The Kier molecular flexibility index (Phi) is 5.83. The van der Waals surface area contributed by atoms with Crippen molar-refractivity contribution < 1.29 is 18.6 Å². The molecule has 0 bridgehead atoms. The predicted octanol–water partition coefficient (Wildman–Crippen LogP) is 2.02. The molecule has 0 aliphatic carbocycles. The first-order valence-corrected chi connectivity index (χ1v) is 9.32. The van der Waals surface area contributed by atoms with E-state index in [4.69, 9.17) is 10.5 Å². The van der Waals surface area contributed by atoms with Gasteiger partial charge in [-0.3, -0.25) is 4.79 Å². The smallest absolute Gasteiger partial charge is 0.292 e. The van der Waals surface area contributed by atoms with E-state index in [1.165, 1.54) is 18.3 Å². The van der Waals surface area contributed by atoms with Gasteiger partial charge in [0.05, 0.1) is 11.9 Å². The molecule has 0 saturated carbocycles. The van der Waals surface area contributed by atoms with Gasteiger partial charge in [-0.05, 0) is 52.6 Å². The number of carbonyl (C=O) groups excluding carboxylic acids is 1. The minimum Gasteiger partial charge on any atom is -0.489 e. The lowest BCUT2D eigenvalue weighted by Crippen LogP contribution is -2.22. The van der Waals surface area contributed by atoms with Crippen LogP contribution in [-0.4, -0.2) is 37.4 Å². The van der Waals surface area contributed by atoms with Gasteiger partial charge in [0, 0.05) is 0 Å². The molecule has 3 N–H and O–H groups in total. The number of nitrogens with zero attached hydrogens (tertiary/aromatic N) is 6. The van der Waals surface area contributed by atoms with E-state index in [9.17, 15) is 9.18 Å². The summed E-state index contributed by atoms with van der Waals surface area (Å²) in [5.41, 5.74) is 10.0. The van der Waals surface area contributed by atoms with Crippen molar-refractivity contribution >= 4 is 17.9 Å². The molecule has 32 heavy (non-hydrogen) atoms. The summed E-state index contributed by atoms with van der Waals surface area (Å²) in [5, 5.41) is 18.8. The highest BCUT2D eigenvalue weighted by molar-refractivity contribution is 5.94. The van der Waals surface area contributed by atoms with Crippen molar-refractivity contribution in [3.8, 4) is 11.6 Å². The highest BCUT2D eigenvalue weighted by Crippen LogP contribution is 2.16. The Morgan fingerprint density at radius 1 is 1.28 bits per heavy atom. The molecule has 0 radical (unpaired) electrons. The van der Waals surface area contributed by atoms with Crippen LogP contribution in [0.1, 0.15) is 27.3 Å². The summed E-state index contributed by atoms with van der Waals surface area (Å²) in [7, 11) is 0. The molecule has 0 atom stereocenters.